The minimum atomic E-state index is 0.0178. The molecule has 0 saturated carbocycles. The number of unbranched alkanes of at least 4 members (excludes halogenated alkanes) is 1. The molecule has 6 nitrogen and oxygen atoms in total. The topological polar surface area (TPSA) is 69.0 Å². The number of rotatable bonds is 9. The molecule has 0 unspecified atom stereocenters. The molecule has 28 heavy (non-hydrogen) atoms. The number of nitrogens with zero attached hydrogens (tertiary/aromatic N) is 3. The lowest BCUT2D eigenvalue weighted by atomic mass is 10.2. The zero-order valence-corrected chi connectivity index (χ0v) is 16.9. The molecule has 1 heterocycles. The number of aromatic nitrogens is 3. The van der Waals surface area contributed by atoms with Gasteiger partial charge in [0, 0.05) is 24.1 Å². The van der Waals surface area contributed by atoms with Gasteiger partial charge in [0.2, 0.25) is 5.91 Å². The van der Waals surface area contributed by atoms with Crippen LogP contribution in [0, 0.1) is 6.92 Å². The Morgan fingerprint density at radius 1 is 1.18 bits per heavy atom. The Kier molecular flexibility index (Phi) is 7.08. The van der Waals surface area contributed by atoms with Crippen molar-refractivity contribution >= 4 is 23.4 Å². The minimum absolute atomic E-state index is 0.0178. The number of hydrogen-bond donors (Lipinski definition) is 1. The van der Waals surface area contributed by atoms with Gasteiger partial charge >= 0.3 is 0 Å². The zero-order valence-electron chi connectivity index (χ0n) is 16.1. The third kappa shape index (κ3) is 6.13. The molecule has 1 aromatic heterocycles. The molecule has 0 aliphatic rings. The first kappa shape index (κ1) is 19.9. The molecule has 146 valence electrons. The molecule has 3 aromatic rings. The van der Waals surface area contributed by atoms with E-state index in [-0.39, 0.29) is 5.91 Å². The van der Waals surface area contributed by atoms with Crippen molar-refractivity contribution in [2.24, 2.45) is 7.05 Å². The molecule has 7 heteroatoms. The van der Waals surface area contributed by atoms with E-state index in [9.17, 15) is 4.79 Å². The summed E-state index contributed by atoms with van der Waals surface area (Å²) in [6.45, 7) is 2.66. The van der Waals surface area contributed by atoms with Crippen molar-refractivity contribution in [1.82, 2.24) is 14.8 Å². The van der Waals surface area contributed by atoms with Crippen molar-refractivity contribution in [3.05, 3.63) is 60.4 Å². The summed E-state index contributed by atoms with van der Waals surface area (Å²) in [5.74, 6) is 0.896. The minimum Gasteiger partial charge on any atom is -0.494 e. The van der Waals surface area contributed by atoms with E-state index in [1.807, 2.05) is 67.1 Å². The maximum Gasteiger partial charge on any atom is 0.224 e. The molecule has 0 radical (unpaired) electrons. The fraction of sp³-hybridized carbons (Fsp3) is 0.286. The van der Waals surface area contributed by atoms with E-state index < -0.39 is 0 Å². The second-order valence-corrected chi connectivity index (χ2v) is 7.56. The van der Waals surface area contributed by atoms with Crippen LogP contribution in [-0.4, -0.2) is 27.3 Å². The molecule has 0 aliphatic heterocycles. The van der Waals surface area contributed by atoms with Crippen LogP contribution in [0.3, 0.4) is 0 Å². The van der Waals surface area contributed by atoms with Gasteiger partial charge in [0.05, 0.1) is 6.61 Å². The highest BCUT2D eigenvalue weighted by molar-refractivity contribution is 7.99. The van der Waals surface area contributed by atoms with Crippen molar-refractivity contribution in [2.75, 3.05) is 11.9 Å². The molecular formula is C21H24N4O2S. The van der Waals surface area contributed by atoms with Crippen molar-refractivity contribution in [1.29, 1.82) is 0 Å². The van der Waals surface area contributed by atoms with E-state index in [4.69, 9.17) is 4.74 Å². The highest BCUT2D eigenvalue weighted by Gasteiger charge is 2.06. The third-order valence-corrected chi connectivity index (χ3v) is 5.13. The number of benzene rings is 2. The summed E-state index contributed by atoms with van der Waals surface area (Å²) < 4.78 is 7.57. The molecule has 0 saturated heterocycles. The lowest BCUT2D eigenvalue weighted by Gasteiger charge is -2.08. The zero-order chi connectivity index (χ0) is 19.8. The van der Waals surface area contributed by atoms with Crippen LogP contribution in [0.1, 0.15) is 24.8 Å². The van der Waals surface area contributed by atoms with Gasteiger partial charge in [-0.15, -0.1) is 10.2 Å². The SMILES string of the molecule is Cc1cccc(OCCCCC(=O)Nc2ccc(Sc3nncn3C)cc2)c1. The Morgan fingerprint density at radius 3 is 2.71 bits per heavy atom. The second-order valence-electron chi connectivity index (χ2n) is 6.52. The van der Waals surface area contributed by atoms with Gasteiger partial charge in [-0.05, 0) is 73.5 Å². The van der Waals surface area contributed by atoms with Gasteiger partial charge in [-0.25, -0.2) is 0 Å². The van der Waals surface area contributed by atoms with Crippen molar-refractivity contribution in [3.63, 3.8) is 0 Å². The quantitative estimate of drug-likeness (QED) is 0.541. The average molecular weight is 397 g/mol. The van der Waals surface area contributed by atoms with Crippen LogP contribution in [0.2, 0.25) is 0 Å². The van der Waals surface area contributed by atoms with Crippen LogP contribution in [0.4, 0.5) is 5.69 Å². The van der Waals surface area contributed by atoms with E-state index in [1.165, 1.54) is 17.3 Å². The molecule has 1 amide bonds. The van der Waals surface area contributed by atoms with Crippen LogP contribution in [0.25, 0.3) is 0 Å². The molecule has 0 aliphatic carbocycles. The van der Waals surface area contributed by atoms with Gasteiger partial charge in [0.15, 0.2) is 5.16 Å². The summed E-state index contributed by atoms with van der Waals surface area (Å²) in [5.41, 5.74) is 1.97. The van der Waals surface area contributed by atoms with Crippen molar-refractivity contribution in [3.8, 4) is 5.75 Å². The monoisotopic (exact) mass is 396 g/mol. The molecule has 0 bridgehead atoms. The van der Waals surface area contributed by atoms with Crippen molar-refractivity contribution < 1.29 is 9.53 Å². The lowest BCUT2D eigenvalue weighted by molar-refractivity contribution is -0.116. The van der Waals surface area contributed by atoms with Crippen LogP contribution >= 0.6 is 11.8 Å². The van der Waals surface area contributed by atoms with Gasteiger partial charge < -0.3 is 14.6 Å². The molecule has 0 fully saturated rings. The Balaban J connectivity index is 1.36. The summed E-state index contributed by atoms with van der Waals surface area (Å²) in [6, 6.07) is 15.7. The fourth-order valence-corrected chi connectivity index (χ4v) is 3.35. The lowest BCUT2D eigenvalue weighted by Crippen LogP contribution is -2.11. The van der Waals surface area contributed by atoms with Gasteiger partial charge in [-0.3, -0.25) is 4.79 Å². The second kappa shape index (κ2) is 9.94. The molecule has 3 rings (SSSR count). The van der Waals surface area contributed by atoms with E-state index in [1.54, 1.807) is 6.33 Å². The van der Waals surface area contributed by atoms with Crippen LogP contribution < -0.4 is 10.1 Å². The van der Waals surface area contributed by atoms with Crippen LogP contribution in [-0.2, 0) is 11.8 Å². The van der Waals surface area contributed by atoms with E-state index in [2.05, 4.69) is 15.5 Å². The largest absolute Gasteiger partial charge is 0.494 e. The predicted molar refractivity (Wildman–Crippen MR) is 111 cm³/mol. The van der Waals surface area contributed by atoms with E-state index in [0.717, 1.165) is 34.3 Å². The number of carbonyl (C=O) groups excluding carboxylic acids is 1. The van der Waals surface area contributed by atoms with Gasteiger partial charge in [-0.2, -0.15) is 0 Å². The average Bonchev–Trinajstić information content (AvgIpc) is 3.08. The smallest absolute Gasteiger partial charge is 0.224 e. The Labute approximate surface area is 169 Å². The first-order valence-electron chi connectivity index (χ1n) is 9.21. The van der Waals surface area contributed by atoms with E-state index in [0.29, 0.717) is 13.0 Å². The van der Waals surface area contributed by atoms with Crippen molar-refractivity contribution in [2.45, 2.75) is 36.2 Å². The van der Waals surface area contributed by atoms with Gasteiger partial charge in [-0.1, -0.05) is 12.1 Å². The summed E-state index contributed by atoms with van der Waals surface area (Å²) in [4.78, 5) is 13.1. The van der Waals surface area contributed by atoms with Gasteiger partial charge in [0.1, 0.15) is 12.1 Å². The number of anilines is 1. The van der Waals surface area contributed by atoms with E-state index >= 15 is 0 Å². The van der Waals surface area contributed by atoms with Crippen LogP contribution in [0.5, 0.6) is 5.75 Å². The number of hydrogen-bond acceptors (Lipinski definition) is 5. The Hall–Kier alpha value is -2.80. The van der Waals surface area contributed by atoms with Crippen LogP contribution in [0.15, 0.2) is 64.9 Å². The molecular weight excluding hydrogens is 372 g/mol. The van der Waals surface area contributed by atoms with Gasteiger partial charge in [0.25, 0.3) is 0 Å². The third-order valence-electron chi connectivity index (χ3n) is 4.07. The number of aryl methyl sites for hydroxylation is 2. The Morgan fingerprint density at radius 2 is 2.00 bits per heavy atom. The molecule has 2 aromatic carbocycles. The maximum absolute atomic E-state index is 12.1. The Bertz CT molecular complexity index is 909. The predicted octanol–water partition coefficient (Wildman–Crippen LogP) is 4.46. The molecule has 0 atom stereocenters. The number of nitrogens with one attached hydrogen (secondary N) is 1. The summed E-state index contributed by atoms with van der Waals surface area (Å²) >= 11 is 1.53. The highest BCUT2D eigenvalue weighted by atomic mass is 32.2. The summed E-state index contributed by atoms with van der Waals surface area (Å²) in [7, 11) is 1.91. The summed E-state index contributed by atoms with van der Waals surface area (Å²) in [6.07, 6.45) is 3.78. The highest BCUT2D eigenvalue weighted by Crippen LogP contribution is 2.26. The standard InChI is InChI=1S/C21H24N4O2S/c1-16-6-5-7-18(14-16)27-13-4-3-8-20(26)23-17-9-11-19(12-10-17)28-21-24-22-15-25(21)2/h5-7,9-12,14-15H,3-4,8,13H2,1-2H3,(H,23,26). The summed E-state index contributed by atoms with van der Waals surface area (Å²) in [5, 5.41) is 11.7. The number of ether oxygens (including phenoxy) is 1. The first-order chi connectivity index (χ1) is 13.6. The molecule has 1 N–H and O–H groups in total. The number of carbonyl (C=O) groups is 1. The molecule has 0 spiro atoms. The first-order valence-corrected chi connectivity index (χ1v) is 10.0. The number of amides is 1. The normalized spacial score (nSPS) is 10.6. The fourth-order valence-electron chi connectivity index (χ4n) is 2.58. The maximum atomic E-state index is 12.1.